The Morgan fingerprint density at radius 1 is 1.20 bits per heavy atom. The lowest BCUT2D eigenvalue weighted by molar-refractivity contribution is -0.156. The van der Waals surface area contributed by atoms with Crippen molar-refractivity contribution in [2.24, 2.45) is 11.8 Å². The molecular weight excluding hydrogens is 192 g/mol. The molecule has 2 aliphatic rings. The topological polar surface area (TPSA) is 38.7 Å². The average Bonchev–Trinajstić information content (AvgIpc) is 2.40. The smallest absolute Gasteiger partial charge is 0.164 e. The van der Waals surface area contributed by atoms with Crippen LogP contribution in [0, 0.1) is 11.8 Å². The maximum atomic E-state index is 10.2. The molecule has 15 heavy (non-hydrogen) atoms. The Morgan fingerprint density at radius 3 is 2.47 bits per heavy atom. The van der Waals surface area contributed by atoms with E-state index in [0.717, 1.165) is 0 Å². The van der Waals surface area contributed by atoms with Gasteiger partial charge in [-0.1, -0.05) is 26.0 Å². The van der Waals surface area contributed by atoms with Gasteiger partial charge >= 0.3 is 0 Å². The molecule has 86 valence electrons. The molecule has 0 spiro atoms. The van der Waals surface area contributed by atoms with Gasteiger partial charge < -0.3 is 14.6 Å². The molecule has 4 atom stereocenters. The van der Waals surface area contributed by atoms with Crippen LogP contribution in [0.15, 0.2) is 12.2 Å². The highest BCUT2D eigenvalue weighted by molar-refractivity contribution is 5.11. The monoisotopic (exact) mass is 212 g/mol. The van der Waals surface area contributed by atoms with E-state index in [4.69, 9.17) is 9.47 Å². The van der Waals surface area contributed by atoms with Gasteiger partial charge in [-0.2, -0.15) is 0 Å². The fraction of sp³-hybridized carbons (Fsp3) is 0.833. The summed E-state index contributed by atoms with van der Waals surface area (Å²) in [6.45, 7) is 7.99. The quantitative estimate of drug-likeness (QED) is 0.672. The van der Waals surface area contributed by atoms with Crippen LogP contribution in [0.3, 0.4) is 0 Å². The van der Waals surface area contributed by atoms with Crippen molar-refractivity contribution in [1.29, 1.82) is 0 Å². The first-order chi connectivity index (χ1) is 6.91. The van der Waals surface area contributed by atoms with Crippen molar-refractivity contribution >= 4 is 0 Å². The summed E-state index contributed by atoms with van der Waals surface area (Å²) in [7, 11) is 0. The fourth-order valence-corrected chi connectivity index (χ4v) is 2.42. The lowest BCUT2D eigenvalue weighted by Crippen LogP contribution is -2.43. The Balaban J connectivity index is 2.17. The molecule has 3 nitrogen and oxygen atoms in total. The molecule has 0 saturated carbocycles. The van der Waals surface area contributed by atoms with Crippen LogP contribution in [-0.2, 0) is 9.47 Å². The Bertz CT molecular complexity index is 270. The highest BCUT2D eigenvalue weighted by atomic mass is 16.8. The molecule has 0 bridgehead atoms. The van der Waals surface area contributed by atoms with E-state index in [0.29, 0.717) is 5.92 Å². The van der Waals surface area contributed by atoms with E-state index < -0.39 is 11.9 Å². The van der Waals surface area contributed by atoms with E-state index in [9.17, 15) is 5.11 Å². The molecule has 3 heteroatoms. The van der Waals surface area contributed by atoms with Gasteiger partial charge in [-0.15, -0.1) is 0 Å². The third-order valence-corrected chi connectivity index (χ3v) is 3.19. The summed E-state index contributed by atoms with van der Waals surface area (Å²) in [6.07, 6.45) is 3.32. The minimum atomic E-state index is -0.577. The predicted octanol–water partition coefficient (Wildman–Crippen LogP) is 1.71. The van der Waals surface area contributed by atoms with Gasteiger partial charge in [0.25, 0.3) is 0 Å². The molecule has 1 saturated heterocycles. The summed E-state index contributed by atoms with van der Waals surface area (Å²) in [6, 6.07) is 0. The predicted molar refractivity (Wildman–Crippen MR) is 57.3 cm³/mol. The molecule has 0 aromatic rings. The minimum absolute atomic E-state index is 0.0926. The molecular formula is C12H20O3. The maximum Gasteiger partial charge on any atom is 0.164 e. The summed E-state index contributed by atoms with van der Waals surface area (Å²) in [5.41, 5.74) is 0. The molecule has 1 aliphatic carbocycles. The summed E-state index contributed by atoms with van der Waals surface area (Å²) in [4.78, 5) is 0. The molecule has 2 rings (SSSR count). The molecule has 0 radical (unpaired) electrons. The van der Waals surface area contributed by atoms with Crippen LogP contribution in [-0.4, -0.2) is 29.2 Å². The molecule has 0 unspecified atom stereocenters. The van der Waals surface area contributed by atoms with Gasteiger partial charge in [0, 0.05) is 5.92 Å². The number of aliphatic hydroxyl groups excluding tert-OH is 1. The van der Waals surface area contributed by atoms with Crippen LogP contribution in [0.5, 0.6) is 0 Å². The van der Waals surface area contributed by atoms with Crippen LogP contribution in [0.2, 0.25) is 0 Å². The van der Waals surface area contributed by atoms with E-state index in [1.165, 1.54) is 0 Å². The highest BCUT2D eigenvalue weighted by Gasteiger charge is 2.47. The first kappa shape index (κ1) is 11.1. The Labute approximate surface area is 91.1 Å². The van der Waals surface area contributed by atoms with Gasteiger partial charge in [0.05, 0.1) is 6.10 Å². The van der Waals surface area contributed by atoms with Gasteiger partial charge in [0.1, 0.15) is 12.2 Å². The maximum absolute atomic E-state index is 10.2. The number of fused-ring (bicyclic) bond motifs is 1. The van der Waals surface area contributed by atoms with Crippen molar-refractivity contribution in [2.75, 3.05) is 0 Å². The standard InChI is InChI=1S/C12H20O3/c1-7(2)8-5-6-9-11(10(8)13)15-12(3,4)14-9/h5-11,13H,1-4H3/t8-,9-,10-,11-/m0/s1. The van der Waals surface area contributed by atoms with Crippen molar-refractivity contribution in [1.82, 2.24) is 0 Å². The first-order valence-corrected chi connectivity index (χ1v) is 5.63. The van der Waals surface area contributed by atoms with Crippen molar-refractivity contribution in [3.8, 4) is 0 Å². The van der Waals surface area contributed by atoms with Gasteiger partial charge in [-0.05, 0) is 19.8 Å². The second-order valence-corrected chi connectivity index (χ2v) is 5.26. The lowest BCUT2D eigenvalue weighted by Gasteiger charge is -2.32. The largest absolute Gasteiger partial charge is 0.390 e. The summed E-state index contributed by atoms with van der Waals surface area (Å²) >= 11 is 0. The van der Waals surface area contributed by atoms with Crippen molar-refractivity contribution in [2.45, 2.75) is 51.8 Å². The normalized spacial score (nSPS) is 43.3. The second kappa shape index (κ2) is 3.58. The van der Waals surface area contributed by atoms with Crippen LogP contribution in [0.25, 0.3) is 0 Å². The molecule has 1 N–H and O–H groups in total. The first-order valence-electron chi connectivity index (χ1n) is 5.63. The summed E-state index contributed by atoms with van der Waals surface area (Å²) in [5, 5.41) is 10.2. The van der Waals surface area contributed by atoms with Crippen LogP contribution in [0.1, 0.15) is 27.7 Å². The van der Waals surface area contributed by atoms with Gasteiger partial charge in [0.2, 0.25) is 0 Å². The van der Waals surface area contributed by atoms with Gasteiger partial charge in [-0.3, -0.25) is 0 Å². The molecule has 1 aliphatic heterocycles. The Kier molecular flexibility index (Phi) is 2.65. The lowest BCUT2D eigenvalue weighted by atomic mass is 9.82. The average molecular weight is 212 g/mol. The van der Waals surface area contributed by atoms with Crippen molar-refractivity contribution in [3.63, 3.8) is 0 Å². The fourth-order valence-electron chi connectivity index (χ4n) is 2.42. The van der Waals surface area contributed by atoms with Crippen LogP contribution in [0.4, 0.5) is 0 Å². The number of hydrogen-bond donors (Lipinski definition) is 1. The third-order valence-electron chi connectivity index (χ3n) is 3.19. The molecule has 0 aromatic carbocycles. The van der Waals surface area contributed by atoms with E-state index in [2.05, 4.69) is 19.9 Å². The zero-order valence-corrected chi connectivity index (χ0v) is 9.81. The van der Waals surface area contributed by atoms with E-state index in [1.807, 2.05) is 19.9 Å². The van der Waals surface area contributed by atoms with E-state index in [1.54, 1.807) is 0 Å². The van der Waals surface area contributed by atoms with Gasteiger partial charge in [0.15, 0.2) is 5.79 Å². The Hall–Kier alpha value is -0.380. The zero-order valence-electron chi connectivity index (χ0n) is 9.81. The van der Waals surface area contributed by atoms with Crippen molar-refractivity contribution in [3.05, 3.63) is 12.2 Å². The molecule has 0 amide bonds. The summed E-state index contributed by atoms with van der Waals surface area (Å²) < 4.78 is 11.4. The Morgan fingerprint density at radius 2 is 1.87 bits per heavy atom. The third kappa shape index (κ3) is 1.96. The van der Waals surface area contributed by atoms with Crippen LogP contribution >= 0.6 is 0 Å². The zero-order chi connectivity index (χ0) is 11.2. The van der Waals surface area contributed by atoms with Crippen molar-refractivity contribution < 1.29 is 14.6 Å². The van der Waals surface area contributed by atoms with E-state index in [-0.39, 0.29) is 18.1 Å². The number of ether oxygens (including phenoxy) is 2. The number of aliphatic hydroxyl groups is 1. The number of hydrogen-bond acceptors (Lipinski definition) is 3. The molecule has 0 aromatic heterocycles. The highest BCUT2D eigenvalue weighted by Crippen LogP contribution is 2.37. The molecule has 1 fully saturated rings. The minimum Gasteiger partial charge on any atom is -0.390 e. The molecule has 1 heterocycles. The van der Waals surface area contributed by atoms with E-state index >= 15 is 0 Å². The number of rotatable bonds is 1. The SMILES string of the molecule is CC(C)[C@@H]1C=C[C@@H]2OC(C)(C)O[C@@H]2[C@H]1O. The second-order valence-electron chi connectivity index (χ2n) is 5.26. The summed E-state index contributed by atoms with van der Waals surface area (Å²) in [5.74, 6) is 0.0141. The van der Waals surface area contributed by atoms with Gasteiger partial charge in [-0.25, -0.2) is 0 Å². The van der Waals surface area contributed by atoms with Crippen LogP contribution < -0.4 is 0 Å².